The van der Waals surface area contributed by atoms with Crippen LogP contribution in [0.1, 0.15) is 51.2 Å². The van der Waals surface area contributed by atoms with Crippen molar-refractivity contribution in [1.29, 1.82) is 0 Å². The van der Waals surface area contributed by atoms with Crippen molar-refractivity contribution in [3.05, 3.63) is 71.8 Å². The van der Waals surface area contributed by atoms with E-state index in [4.69, 9.17) is 9.47 Å². The van der Waals surface area contributed by atoms with E-state index in [0.717, 1.165) is 11.1 Å². The number of hydrogen-bond acceptors (Lipinski definition) is 5. The van der Waals surface area contributed by atoms with Gasteiger partial charge in [0.05, 0.1) is 12.7 Å². The summed E-state index contributed by atoms with van der Waals surface area (Å²) in [5.74, 6) is -1.71. The van der Waals surface area contributed by atoms with Crippen LogP contribution in [0.2, 0.25) is 0 Å². The number of alkyl carbamates (subject to hydrolysis) is 1. The number of carbonyl (C=O) groups excluding carboxylic acids is 2. The third-order valence-electron chi connectivity index (χ3n) is 5.90. The molecule has 1 heterocycles. The van der Waals surface area contributed by atoms with Crippen molar-refractivity contribution in [3.63, 3.8) is 0 Å². The summed E-state index contributed by atoms with van der Waals surface area (Å²) in [6, 6.07) is 16.9. The topological polar surface area (TPSA) is 105 Å². The molecule has 0 aromatic heterocycles. The van der Waals surface area contributed by atoms with Gasteiger partial charge in [-0.05, 0) is 45.2 Å². The van der Waals surface area contributed by atoms with Gasteiger partial charge in [-0.2, -0.15) is 0 Å². The van der Waals surface area contributed by atoms with Gasteiger partial charge in [0.25, 0.3) is 0 Å². The maximum atomic E-state index is 13.7. The van der Waals surface area contributed by atoms with Crippen LogP contribution in [0.3, 0.4) is 0 Å². The van der Waals surface area contributed by atoms with E-state index in [1.807, 2.05) is 60.7 Å². The van der Waals surface area contributed by atoms with E-state index in [1.54, 1.807) is 27.7 Å². The van der Waals surface area contributed by atoms with Crippen LogP contribution in [-0.2, 0) is 25.7 Å². The first kappa shape index (κ1) is 26.2. The second-order valence-corrected chi connectivity index (χ2v) is 9.81. The molecular formula is C27H34N2O6. The lowest BCUT2D eigenvalue weighted by Gasteiger charge is -2.31. The van der Waals surface area contributed by atoms with Crippen LogP contribution >= 0.6 is 0 Å². The van der Waals surface area contributed by atoms with E-state index in [2.05, 4.69) is 5.32 Å². The number of carbonyl (C=O) groups is 3. The van der Waals surface area contributed by atoms with Crippen LogP contribution in [0.4, 0.5) is 4.79 Å². The average molecular weight is 483 g/mol. The summed E-state index contributed by atoms with van der Waals surface area (Å²) in [5.41, 5.74) is 1.12. The molecule has 0 bridgehead atoms. The molecule has 2 aromatic carbocycles. The number of aliphatic carboxylic acids is 1. The lowest BCUT2D eigenvalue weighted by atomic mass is 9.96. The highest BCUT2D eigenvalue weighted by Crippen LogP contribution is 2.32. The third kappa shape index (κ3) is 7.29. The minimum atomic E-state index is -1.12. The van der Waals surface area contributed by atoms with Gasteiger partial charge in [-0.3, -0.25) is 4.79 Å². The zero-order valence-corrected chi connectivity index (χ0v) is 20.6. The number of ether oxygens (including phenoxy) is 2. The predicted molar refractivity (Wildman–Crippen MR) is 131 cm³/mol. The largest absolute Gasteiger partial charge is 0.480 e. The van der Waals surface area contributed by atoms with Crippen molar-refractivity contribution in [2.24, 2.45) is 0 Å². The molecular weight excluding hydrogens is 448 g/mol. The number of rotatable bonds is 8. The summed E-state index contributed by atoms with van der Waals surface area (Å²) in [4.78, 5) is 39.7. The maximum absolute atomic E-state index is 13.7. The first-order valence-corrected chi connectivity index (χ1v) is 11.8. The minimum absolute atomic E-state index is 0.121. The Labute approximate surface area is 206 Å². The lowest BCUT2D eigenvalue weighted by molar-refractivity contribution is -0.150. The normalized spacial score (nSPS) is 19.6. The zero-order chi connectivity index (χ0) is 25.6. The quantitative estimate of drug-likeness (QED) is 0.590. The van der Waals surface area contributed by atoms with Crippen molar-refractivity contribution in [3.8, 4) is 0 Å². The standard InChI is InChI=1S/C27H34N2O6/c1-18(34-17-19-11-7-5-8-12-19)23(28-26(33)35-27(2,3)4)24(30)29-16-21(15-22(29)25(31)32)20-13-9-6-10-14-20/h5-14,18,21-23H,15-17H2,1-4H3,(H,28,33)(H,31,32)/t18-,21-,22-,23+/m1/s1. The number of carboxylic acid groups (broad SMARTS) is 1. The number of benzene rings is 2. The zero-order valence-electron chi connectivity index (χ0n) is 20.6. The molecule has 4 atom stereocenters. The Morgan fingerprint density at radius 1 is 1.06 bits per heavy atom. The number of nitrogens with one attached hydrogen (secondary N) is 1. The lowest BCUT2D eigenvalue weighted by Crippen LogP contribution is -2.57. The van der Waals surface area contributed by atoms with E-state index < -0.39 is 41.8 Å². The molecule has 188 valence electrons. The maximum Gasteiger partial charge on any atom is 0.408 e. The van der Waals surface area contributed by atoms with E-state index >= 15 is 0 Å². The number of nitrogens with zero attached hydrogens (tertiary/aromatic N) is 1. The molecule has 0 spiro atoms. The monoisotopic (exact) mass is 482 g/mol. The molecule has 1 fully saturated rings. The van der Waals surface area contributed by atoms with Crippen molar-refractivity contribution in [2.45, 2.75) is 70.4 Å². The van der Waals surface area contributed by atoms with Crippen LogP contribution in [0, 0.1) is 0 Å². The highest BCUT2D eigenvalue weighted by Gasteiger charge is 2.44. The number of hydrogen-bond donors (Lipinski definition) is 2. The SMILES string of the molecule is C[C@@H](OCc1ccccc1)[C@H](NC(=O)OC(C)(C)C)C(=O)N1C[C@H](c2ccccc2)C[C@@H]1C(=O)O. The van der Waals surface area contributed by atoms with Gasteiger partial charge in [0, 0.05) is 12.5 Å². The molecule has 0 radical (unpaired) electrons. The van der Waals surface area contributed by atoms with Crippen molar-refractivity contribution in [1.82, 2.24) is 10.2 Å². The summed E-state index contributed by atoms with van der Waals surface area (Å²) >= 11 is 0. The minimum Gasteiger partial charge on any atom is -0.480 e. The van der Waals surface area contributed by atoms with Gasteiger partial charge in [-0.25, -0.2) is 9.59 Å². The Hall–Kier alpha value is -3.39. The third-order valence-corrected chi connectivity index (χ3v) is 5.90. The molecule has 1 aliphatic rings. The molecule has 0 aliphatic carbocycles. The van der Waals surface area contributed by atoms with Gasteiger partial charge in [-0.1, -0.05) is 60.7 Å². The van der Waals surface area contributed by atoms with Crippen molar-refractivity contribution < 1.29 is 29.0 Å². The molecule has 8 heteroatoms. The molecule has 2 amide bonds. The highest BCUT2D eigenvalue weighted by atomic mass is 16.6. The summed E-state index contributed by atoms with van der Waals surface area (Å²) in [7, 11) is 0. The van der Waals surface area contributed by atoms with Crippen LogP contribution in [0.15, 0.2) is 60.7 Å². The van der Waals surface area contributed by atoms with Gasteiger partial charge in [0.1, 0.15) is 17.7 Å². The fraction of sp³-hybridized carbons (Fsp3) is 0.444. The molecule has 2 N–H and O–H groups in total. The summed E-state index contributed by atoms with van der Waals surface area (Å²) < 4.78 is 11.3. The first-order valence-electron chi connectivity index (χ1n) is 11.8. The molecule has 3 rings (SSSR count). The van der Waals surface area contributed by atoms with Gasteiger partial charge in [-0.15, -0.1) is 0 Å². The Kier molecular flexibility index (Phi) is 8.51. The molecule has 2 aromatic rings. The van der Waals surface area contributed by atoms with Crippen LogP contribution in [0.25, 0.3) is 0 Å². The average Bonchev–Trinajstić information content (AvgIpc) is 3.27. The first-order chi connectivity index (χ1) is 16.5. The van der Waals surface area contributed by atoms with Gasteiger partial charge < -0.3 is 24.8 Å². The molecule has 8 nitrogen and oxygen atoms in total. The van der Waals surface area contributed by atoms with E-state index in [1.165, 1.54) is 4.90 Å². The second-order valence-electron chi connectivity index (χ2n) is 9.81. The number of amides is 2. The summed E-state index contributed by atoms with van der Waals surface area (Å²) in [6.07, 6.45) is -1.21. The van der Waals surface area contributed by atoms with Crippen molar-refractivity contribution in [2.75, 3.05) is 6.54 Å². The molecule has 35 heavy (non-hydrogen) atoms. The van der Waals surface area contributed by atoms with Crippen LogP contribution in [0.5, 0.6) is 0 Å². The Balaban J connectivity index is 1.81. The fourth-order valence-corrected chi connectivity index (χ4v) is 4.17. The van der Waals surface area contributed by atoms with Gasteiger partial charge in [0.15, 0.2) is 0 Å². The van der Waals surface area contributed by atoms with E-state index in [0.29, 0.717) is 6.42 Å². The van der Waals surface area contributed by atoms with Gasteiger partial charge in [0.2, 0.25) is 5.91 Å². The predicted octanol–water partition coefficient (Wildman–Crippen LogP) is 3.95. The van der Waals surface area contributed by atoms with E-state index in [-0.39, 0.29) is 19.1 Å². The Morgan fingerprint density at radius 2 is 1.66 bits per heavy atom. The summed E-state index contributed by atoms with van der Waals surface area (Å²) in [5, 5.41) is 12.5. The molecule has 1 saturated heterocycles. The van der Waals surface area contributed by atoms with Crippen LogP contribution < -0.4 is 5.32 Å². The van der Waals surface area contributed by atoms with Crippen LogP contribution in [-0.4, -0.2) is 58.3 Å². The molecule has 1 aliphatic heterocycles. The van der Waals surface area contributed by atoms with E-state index in [9.17, 15) is 19.5 Å². The fourth-order valence-electron chi connectivity index (χ4n) is 4.17. The van der Waals surface area contributed by atoms with Crippen molar-refractivity contribution >= 4 is 18.0 Å². The Bertz CT molecular complexity index is 1010. The number of carboxylic acids is 1. The summed E-state index contributed by atoms with van der Waals surface area (Å²) in [6.45, 7) is 7.33. The second kappa shape index (κ2) is 11.4. The molecule has 0 unspecified atom stereocenters. The molecule has 0 saturated carbocycles. The Morgan fingerprint density at radius 3 is 2.23 bits per heavy atom. The highest BCUT2D eigenvalue weighted by molar-refractivity contribution is 5.90. The van der Waals surface area contributed by atoms with Gasteiger partial charge >= 0.3 is 12.1 Å². The number of likely N-dealkylation sites (tertiary alicyclic amines) is 1. The smallest absolute Gasteiger partial charge is 0.408 e.